The highest BCUT2D eigenvalue weighted by Crippen LogP contribution is 2.34. The van der Waals surface area contributed by atoms with E-state index < -0.39 is 5.82 Å². The minimum Gasteiger partial charge on any atom is -0.457 e. The molecule has 0 spiro atoms. The van der Waals surface area contributed by atoms with Gasteiger partial charge in [-0.15, -0.1) is 0 Å². The number of para-hydroxylation sites is 1. The predicted octanol–water partition coefficient (Wildman–Crippen LogP) is 6.56. The second-order valence-electron chi connectivity index (χ2n) is 6.49. The third kappa shape index (κ3) is 4.02. The molecule has 4 rings (SSSR count). The highest BCUT2D eigenvalue weighted by molar-refractivity contribution is 9.10. The molecule has 0 saturated carbocycles. The molecule has 0 aliphatic carbocycles. The van der Waals surface area contributed by atoms with Gasteiger partial charge in [0.25, 0.3) is 0 Å². The number of nitriles is 1. The summed E-state index contributed by atoms with van der Waals surface area (Å²) in [5, 5.41) is 9.53. The van der Waals surface area contributed by atoms with Crippen LogP contribution >= 0.6 is 15.9 Å². The van der Waals surface area contributed by atoms with Crippen LogP contribution in [0.15, 0.2) is 83.3 Å². The van der Waals surface area contributed by atoms with Gasteiger partial charge in [-0.25, -0.2) is 9.37 Å². The number of hydrogen-bond donors (Lipinski definition) is 1. The van der Waals surface area contributed by atoms with E-state index in [0.29, 0.717) is 21.5 Å². The molecule has 0 amide bonds. The standard InChI is InChI=1S/C24H15BrFN3O/c25-16-8-11-19(22(26)12-16)20-13-23(29-24(28)21(20)14-27)15-6-9-18(10-7-15)30-17-4-2-1-3-5-17/h1-13H,(H2,28,29). The summed E-state index contributed by atoms with van der Waals surface area (Å²) in [5.41, 5.74) is 8.16. The quantitative estimate of drug-likeness (QED) is 0.374. The Labute approximate surface area is 181 Å². The monoisotopic (exact) mass is 459 g/mol. The van der Waals surface area contributed by atoms with Gasteiger partial charge in [-0.05, 0) is 54.6 Å². The summed E-state index contributed by atoms with van der Waals surface area (Å²) >= 11 is 3.25. The van der Waals surface area contributed by atoms with Gasteiger partial charge in [-0.1, -0.05) is 40.2 Å². The van der Waals surface area contributed by atoms with Gasteiger partial charge in [0.15, 0.2) is 0 Å². The smallest absolute Gasteiger partial charge is 0.142 e. The first-order valence-electron chi connectivity index (χ1n) is 9.04. The highest BCUT2D eigenvalue weighted by atomic mass is 79.9. The Balaban J connectivity index is 1.73. The zero-order valence-corrected chi connectivity index (χ0v) is 17.2. The average Bonchev–Trinajstić information content (AvgIpc) is 2.74. The first-order chi connectivity index (χ1) is 14.5. The second kappa shape index (κ2) is 8.36. The van der Waals surface area contributed by atoms with Gasteiger partial charge in [0, 0.05) is 21.2 Å². The lowest BCUT2D eigenvalue weighted by Gasteiger charge is -2.12. The molecule has 0 unspecified atom stereocenters. The van der Waals surface area contributed by atoms with Gasteiger partial charge in [0.1, 0.15) is 34.8 Å². The number of anilines is 1. The highest BCUT2D eigenvalue weighted by Gasteiger charge is 2.16. The van der Waals surface area contributed by atoms with Gasteiger partial charge in [-0.2, -0.15) is 5.26 Å². The molecule has 30 heavy (non-hydrogen) atoms. The van der Waals surface area contributed by atoms with Gasteiger partial charge in [-0.3, -0.25) is 0 Å². The number of halogens is 2. The molecule has 1 heterocycles. The van der Waals surface area contributed by atoms with Crippen molar-refractivity contribution in [3.05, 3.63) is 94.7 Å². The first-order valence-corrected chi connectivity index (χ1v) is 9.84. The molecule has 146 valence electrons. The fourth-order valence-electron chi connectivity index (χ4n) is 3.07. The van der Waals surface area contributed by atoms with Crippen LogP contribution in [-0.2, 0) is 0 Å². The Morgan fingerprint density at radius 3 is 2.27 bits per heavy atom. The van der Waals surface area contributed by atoms with Crippen LogP contribution in [0, 0.1) is 17.1 Å². The van der Waals surface area contributed by atoms with E-state index in [2.05, 4.69) is 20.9 Å². The van der Waals surface area contributed by atoms with Crippen molar-refractivity contribution < 1.29 is 9.13 Å². The molecule has 0 aliphatic heterocycles. The van der Waals surface area contributed by atoms with E-state index in [1.54, 1.807) is 18.2 Å². The summed E-state index contributed by atoms with van der Waals surface area (Å²) in [6.45, 7) is 0. The molecule has 6 heteroatoms. The van der Waals surface area contributed by atoms with Crippen molar-refractivity contribution in [1.82, 2.24) is 4.98 Å². The van der Waals surface area contributed by atoms with Crippen molar-refractivity contribution in [2.75, 3.05) is 5.73 Å². The molecular formula is C24H15BrFN3O. The number of nitrogen functional groups attached to an aromatic ring is 1. The van der Waals surface area contributed by atoms with E-state index in [9.17, 15) is 9.65 Å². The maximum Gasteiger partial charge on any atom is 0.142 e. The van der Waals surface area contributed by atoms with Crippen molar-refractivity contribution in [1.29, 1.82) is 5.26 Å². The SMILES string of the molecule is N#Cc1c(-c2ccc(Br)cc2F)cc(-c2ccc(Oc3ccccc3)cc2)nc1N. The number of nitrogens with two attached hydrogens (primary N) is 1. The topological polar surface area (TPSA) is 71.9 Å². The van der Waals surface area contributed by atoms with Gasteiger partial charge in [0.2, 0.25) is 0 Å². The molecule has 0 atom stereocenters. The van der Waals surface area contributed by atoms with Crippen molar-refractivity contribution >= 4 is 21.7 Å². The zero-order chi connectivity index (χ0) is 21.1. The number of nitrogens with zero attached hydrogens (tertiary/aromatic N) is 2. The third-order valence-corrected chi connectivity index (χ3v) is 5.00. The maximum absolute atomic E-state index is 14.6. The number of rotatable bonds is 4. The van der Waals surface area contributed by atoms with E-state index in [0.717, 1.165) is 11.3 Å². The largest absolute Gasteiger partial charge is 0.457 e. The molecule has 2 N–H and O–H groups in total. The summed E-state index contributed by atoms with van der Waals surface area (Å²) in [4.78, 5) is 4.34. The van der Waals surface area contributed by atoms with Crippen LogP contribution < -0.4 is 10.5 Å². The van der Waals surface area contributed by atoms with Gasteiger partial charge < -0.3 is 10.5 Å². The Morgan fingerprint density at radius 2 is 1.60 bits per heavy atom. The van der Waals surface area contributed by atoms with Gasteiger partial charge >= 0.3 is 0 Å². The van der Waals surface area contributed by atoms with E-state index in [1.807, 2.05) is 60.7 Å². The zero-order valence-electron chi connectivity index (χ0n) is 15.6. The summed E-state index contributed by atoms with van der Waals surface area (Å²) < 4.78 is 21.0. The summed E-state index contributed by atoms with van der Waals surface area (Å²) in [6.07, 6.45) is 0. The number of pyridine rings is 1. The van der Waals surface area contributed by atoms with Crippen molar-refractivity contribution in [3.8, 4) is 40.0 Å². The first kappa shape index (κ1) is 19.6. The lowest BCUT2D eigenvalue weighted by Crippen LogP contribution is -2.00. The van der Waals surface area contributed by atoms with Crippen LogP contribution in [0.3, 0.4) is 0 Å². The normalized spacial score (nSPS) is 10.4. The van der Waals surface area contributed by atoms with Crippen LogP contribution in [0.4, 0.5) is 10.2 Å². The molecule has 0 bridgehead atoms. The van der Waals surface area contributed by atoms with Crippen LogP contribution in [0.2, 0.25) is 0 Å². The Hall–Kier alpha value is -3.69. The van der Waals surface area contributed by atoms with E-state index in [4.69, 9.17) is 10.5 Å². The Bertz CT molecular complexity index is 1250. The average molecular weight is 460 g/mol. The maximum atomic E-state index is 14.6. The van der Waals surface area contributed by atoms with Crippen LogP contribution in [0.25, 0.3) is 22.4 Å². The van der Waals surface area contributed by atoms with E-state index in [-0.39, 0.29) is 16.9 Å². The molecular weight excluding hydrogens is 445 g/mol. The molecule has 0 saturated heterocycles. The minimum absolute atomic E-state index is 0.0527. The van der Waals surface area contributed by atoms with E-state index >= 15 is 0 Å². The molecule has 1 aromatic heterocycles. The molecule has 3 aromatic carbocycles. The van der Waals surface area contributed by atoms with Crippen LogP contribution in [-0.4, -0.2) is 4.98 Å². The molecule has 0 radical (unpaired) electrons. The number of hydrogen-bond acceptors (Lipinski definition) is 4. The molecule has 0 fully saturated rings. The lowest BCUT2D eigenvalue weighted by molar-refractivity contribution is 0.483. The Morgan fingerprint density at radius 1 is 0.900 bits per heavy atom. The fourth-order valence-corrected chi connectivity index (χ4v) is 3.40. The van der Waals surface area contributed by atoms with Crippen molar-refractivity contribution in [2.45, 2.75) is 0 Å². The van der Waals surface area contributed by atoms with E-state index in [1.165, 1.54) is 6.07 Å². The Kier molecular flexibility index (Phi) is 5.46. The molecule has 0 aliphatic rings. The molecule has 4 nitrogen and oxygen atoms in total. The number of benzene rings is 3. The predicted molar refractivity (Wildman–Crippen MR) is 118 cm³/mol. The summed E-state index contributed by atoms with van der Waals surface area (Å²) in [5.74, 6) is 1.01. The summed E-state index contributed by atoms with van der Waals surface area (Å²) in [7, 11) is 0. The second-order valence-corrected chi connectivity index (χ2v) is 7.41. The van der Waals surface area contributed by atoms with Gasteiger partial charge in [0.05, 0.1) is 5.69 Å². The molecule has 4 aromatic rings. The summed E-state index contributed by atoms with van der Waals surface area (Å²) in [6, 6.07) is 25.2. The number of aromatic nitrogens is 1. The van der Waals surface area contributed by atoms with Crippen LogP contribution in [0.5, 0.6) is 11.5 Å². The third-order valence-electron chi connectivity index (χ3n) is 4.51. The van der Waals surface area contributed by atoms with Crippen molar-refractivity contribution in [3.63, 3.8) is 0 Å². The fraction of sp³-hybridized carbons (Fsp3) is 0. The van der Waals surface area contributed by atoms with Crippen LogP contribution in [0.1, 0.15) is 5.56 Å². The minimum atomic E-state index is -0.455. The lowest BCUT2D eigenvalue weighted by atomic mass is 9.98. The van der Waals surface area contributed by atoms with Crippen molar-refractivity contribution in [2.24, 2.45) is 0 Å². The number of ether oxygens (including phenoxy) is 1.